The highest BCUT2D eigenvalue weighted by molar-refractivity contribution is 5.99. The average molecular weight is 419 g/mol. The van der Waals surface area contributed by atoms with E-state index in [0.29, 0.717) is 17.4 Å². The fraction of sp³-hybridized carbons (Fsp3) is 0.444. The molecule has 2 aliphatic rings. The Hall–Kier alpha value is -2.75. The number of aliphatic imine (C=N–C) groups is 1. The summed E-state index contributed by atoms with van der Waals surface area (Å²) in [6, 6.07) is 7.43. The Kier molecular flexibility index (Phi) is 8.16. The van der Waals surface area contributed by atoms with Gasteiger partial charge in [0.2, 0.25) is 5.91 Å². The number of hydrogen-bond donors (Lipinski definition) is 1. The van der Waals surface area contributed by atoms with E-state index in [4.69, 9.17) is 0 Å². The molecule has 0 spiro atoms. The molecular formula is C27H34N2O2. The van der Waals surface area contributed by atoms with E-state index in [1.165, 1.54) is 0 Å². The van der Waals surface area contributed by atoms with Crippen molar-refractivity contribution in [2.24, 2.45) is 22.7 Å². The van der Waals surface area contributed by atoms with Gasteiger partial charge in [0.1, 0.15) is 0 Å². The summed E-state index contributed by atoms with van der Waals surface area (Å²) in [4.78, 5) is 28.9. The third-order valence-electron chi connectivity index (χ3n) is 6.42. The van der Waals surface area contributed by atoms with Gasteiger partial charge in [-0.2, -0.15) is 0 Å². The molecule has 0 bridgehead atoms. The number of rotatable bonds is 8. The van der Waals surface area contributed by atoms with Crippen molar-refractivity contribution in [1.82, 2.24) is 5.32 Å². The summed E-state index contributed by atoms with van der Waals surface area (Å²) in [5.41, 5.74) is 2.36. The molecule has 164 valence electrons. The van der Waals surface area contributed by atoms with Gasteiger partial charge in [0.15, 0.2) is 5.78 Å². The molecule has 0 radical (unpaired) electrons. The Morgan fingerprint density at radius 2 is 1.94 bits per heavy atom. The van der Waals surface area contributed by atoms with E-state index in [1.807, 2.05) is 54.8 Å². The molecule has 1 aromatic carbocycles. The molecule has 2 unspecified atom stereocenters. The predicted octanol–water partition coefficient (Wildman–Crippen LogP) is 5.98. The van der Waals surface area contributed by atoms with Gasteiger partial charge in [-0.3, -0.25) is 14.6 Å². The van der Waals surface area contributed by atoms with Gasteiger partial charge in [-0.25, -0.2) is 0 Å². The zero-order chi connectivity index (χ0) is 22.2. The maximum atomic E-state index is 12.6. The normalized spacial score (nSPS) is 24.3. The van der Waals surface area contributed by atoms with Gasteiger partial charge in [-0.15, -0.1) is 0 Å². The second kappa shape index (κ2) is 11.0. The van der Waals surface area contributed by atoms with Crippen LogP contribution in [0.4, 0.5) is 5.69 Å². The van der Waals surface area contributed by atoms with Gasteiger partial charge in [0.05, 0.1) is 11.7 Å². The first-order valence-corrected chi connectivity index (χ1v) is 11.4. The highest BCUT2D eigenvalue weighted by Gasteiger charge is 2.27. The van der Waals surface area contributed by atoms with Crippen LogP contribution in [0, 0.1) is 17.8 Å². The maximum absolute atomic E-state index is 12.6. The summed E-state index contributed by atoms with van der Waals surface area (Å²) in [6.45, 7) is 7.77. The molecule has 2 aliphatic carbocycles. The highest BCUT2D eigenvalue weighted by atomic mass is 16.2. The summed E-state index contributed by atoms with van der Waals surface area (Å²) in [5, 5.41) is 3.13. The number of Topliss-reactive ketones (excluding diaryl/α,β-unsaturated/α-hetero) is 1. The lowest BCUT2D eigenvalue weighted by Crippen LogP contribution is -2.40. The molecule has 4 nitrogen and oxygen atoms in total. The van der Waals surface area contributed by atoms with Crippen LogP contribution in [0.3, 0.4) is 0 Å². The minimum Gasteiger partial charge on any atom is -0.346 e. The lowest BCUT2D eigenvalue weighted by Gasteiger charge is -2.29. The molecule has 4 heteroatoms. The molecule has 1 fully saturated rings. The van der Waals surface area contributed by atoms with Crippen LogP contribution >= 0.6 is 0 Å². The van der Waals surface area contributed by atoms with Gasteiger partial charge in [-0.05, 0) is 75.0 Å². The number of carbonyl (C=O) groups is 2. The van der Waals surface area contributed by atoms with Crippen molar-refractivity contribution in [3.05, 3.63) is 66.3 Å². The first kappa shape index (κ1) is 22.9. The molecule has 3 rings (SSSR count). The predicted molar refractivity (Wildman–Crippen MR) is 128 cm³/mol. The zero-order valence-electron chi connectivity index (χ0n) is 18.7. The van der Waals surface area contributed by atoms with Crippen LogP contribution in [0.2, 0.25) is 0 Å². The molecular weight excluding hydrogens is 384 g/mol. The molecule has 0 aliphatic heterocycles. The quantitative estimate of drug-likeness (QED) is 0.417. The number of nitrogens with zero attached hydrogens (tertiary/aromatic N) is 1. The fourth-order valence-electron chi connectivity index (χ4n) is 4.37. The Morgan fingerprint density at radius 1 is 1.19 bits per heavy atom. The lowest BCUT2D eigenvalue weighted by atomic mass is 9.78. The van der Waals surface area contributed by atoms with E-state index in [0.717, 1.165) is 49.8 Å². The van der Waals surface area contributed by atoms with Gasteiger partial charge in [0, 0.05) is 17.7 Å². The lowest BCUT2D eigenvalue weighted by molar-refractivity contribution is -0.126. The number of hydrogen-bond acceptors (Lipinski definition) is 3. The van der Waals surface area contributed by atoms with Crippen LogP contribution in [-0.4, -0.2) is 23.9 Å². The van der Waals surface area contributed by atoms with Crippen molar-refractivity contribution in [2.45, 2.75) is 58.4 Å². The number of para-hydroxylation sites is 1. The zero-order valence-corrected chi connectivity index (χ0v) is 18.7. The number of allylic oxidation sites excluding steroid dienone is 2. The van der Waals surface area contributed by atoms with E-state index in [1.54, 1.807) is 6.92 Å². The van der Waals surface area contributed by atoms with Crippen molar-refractivity contribution in [3.63, 3.8) is 0 Å². The number of ketones is 1. The largest absolute Gasteiger partial charge is 0.346 e. The Morgan fingerprint density at radius 3 is 2.65 bits per heavy atom. The van der Waals surface area contributed by atoms with Crippen molar-refractivity contribution < 1.29 is 9.59 Å². The van der Waals surface area contributed by atoms with Crippen molar-refractivity contribution in [1.29, 1.82) is 0 Å². The van der Waals surface area contributed by atoms with Crippen LogP contribution in [0.1, 0.15) is 62.7 Å². The van der Waals surface area contributed by atoms with Gasteiger partial charge < -0.3 is 5.32 Å². The molecule has 0 saturated heterocycles. The molecule has 1 aromatic rings. The van der Waals surface area contributed by atoms with Crippen LogP contribution in [0.25, 0.3) is 0 Å². The smallest absolute Gasteiger partial charge is 0.223 e. The standard InChI is InChI=1S/C27H34N2O2/c1-19(18-28-26-11-7-5-9-24(26)21(3)30)12-13-22-14-16-23(17-15-22)27(31)29-25-10-6-4-8-20(25)2/h4-11,18-19,22-23,25H,2,12-17H2,1,3H3,(H,29,31). The second-order valence-corrected chi connectivity index (χ2v) is 8.93. The van der Waals surface area contributed by atoms with Crippen molar-refractivity contribution in [3.8, 4) is 0 Å². The van der Waals surface area contributed by atoms with E-state index in [9.17, 15) is 9.59 Å². The number of nitrogens with one attached hydrogen (secondary N) is 1. The van der Waals surface area contributed by atoms with E-state index >= 15 is 0 Å². The SMILES string of the molecule is C=C1C=CC=CC1NC(=O)C1CCC(CCC(C)C=Nc2ccccc2C(C)=O)CC1. The first-order chi connectivity index (χ1) is 14.9. The van der Waals surface area contributed by atoms with E-state index in [2.05, 4.69) is 23.8 Å². The minimum absolute atomic E-state index is 0.0430. The molecule has 31 heavy (non-hydrogen) atoms. The third kappa shape index (κ3) is 6.61. The van der Waals surface area contributed by atoms with Crippen LogP contribution < -0.4 is 5.32 Å². The molecule has 2 atom stereocenters. The third-order valence-corrected chi connectivity index (χ3v) is 6.42. The highest BCUT2D eigenvalue weighted by Crippen LogP contribution is 2.33. The Labute approximate surface area is 186 Å². The number of amides is 1. The molecule has 1 N–H and O–H groups in total. The van der Waals surface area contributed by atoms with Gasteiger partial charge >= 0.3 is 0 Å². The van der Waals surface area contributed by atoms with Gasteiger partial charge in [-0.1, -0.05) is 49.9 Å². The summed E-state index contributed by atoms with van der Waals surface area (Å²) in [5.74, 6) is 1.36. The Bertz CT molecular complexity index is 888. The number of carbonyl (C=O) groups excluding carboxylic acids is 2. The second-order valence-electron chi connectivity index (χ2n) is 8.93. The van der Waals surface area contributed by atoms with Gasteiger partial charge in [0.25, 0.3) is 0 Å². The molecule has 0 heterocycles. The molecule has 1 saturated carbocycles. The summed E-state index contributed by atoms with van der Waals surface area (Å²) < 4.78 is 0. The first-order valence-electron chi connectivity index (χ1n) is 11.4. The van der Waals surface area contributed by atoms with Crippen LogP contribution in [0.15, 0.2) is 65.7 Å². The summed E-state index contributed by atoms with van der Waals surface area (Å²) in [7, 11) is 0. The van der Waals surface area contributed by atoms with Crippen LogP contribution in [0.5, 0.6) is 0 Å². The summed E-state index contributed by atoms with van der Waals surface area (Å²) >= 11 is 0. The average Bonchev–Trinajstić information content (AvgIpc) is 2.78. The molecule has 1 amide bonds. The summed E-state index contributed by atoms with van der Waals surface area (Å²) in [6.07, 6.45) is 16.2. The number of benzene rings is 1. The molecule has 0 aromatic heterocycles. The van der Waals surface area contributed by atoms with Crippen LogP contribution in [-0.2, 0) is 4.79 Å². The van der Waals surface area contributed by atoms with E-state index in [-0.39, 0.29) is 23.7 Å². The van der Waals surface area contributed by atoms with Crippen molar-refractivity contribution in [2.75, 3.05) is 0 Å². The Balaban J connectivity index is 1.40. The van der Waals surface area contributed by atoms with Crippen molar-refractivity contribution >= 4 is 23.6 Å². The monoisotopic (exact) mass is 418 g/mol. The maximum Gasteiger partial charge on any atom is 0.223 e. The minimum atomic E-state index is -0.0662. The van der Waals surface area contributed by atoms with E-state index < -0.39 is 0 Å². The fourth-order valence-corrected chi connectivity index (χ4v) is 4.37. The topological polar surface area (TPSA) is 58.5 Å².